The van der Waals surface area contributed by atoms with E-state index in [1.165, 1.54) is 7.05 Å². The van der Waals surface area contributed by atoms with Gasteiger partial charge in [0.1, 0.15) is 0 Å². The predicted octanol–water partition coefficient (Wildman–Crippen LogP) is 1.84. The number of benzene rings is 1. The molecule has 0 saturated carbocycles. The van der Waals surface area contributed by atoms with Crippen LogP contribution in [0.1, 0.15) is 11.3 Å². The molecule has 0 bridgehead atoms. The summed E-state index contributed by atoms with van der Waals surface area (Å²) in [5.41, 5.74) is 2.86. The maximum atomic E-state index is 11.8. The summed E-state index contributed by atoms with van der Waals surface area (Å²) >= 11 is 0. The molecule has 0 amide bonds. The first-order chi connectivity index (χ1) is 9.03. The summed E-state index contributed by atoms with van der Waals surface area (Å²) in [6.45, 7) is 2.56. The van der Waals surface area contributed by atoms with Crippen LogP contribution in [-0.2, 0) is 16.6 Å². The molecule has 0 aliphatic heterocycles. The van der Waals surface area contributed by atoms with E-state index in [0.717, 1.165) is 16.9 Å². The van der Waals surface area contributed by atoms with Crippen molar-refractivity contribution in [3.63, 3.8) is 0 Å². The van der Waals surface area contributed by atoms with Crippen molar-refractivity contribution < 1.29 is 8.42 Å². The highest BCUT2D eigenvalue weighted by molar-refractivity contribution is 7.89. The van der Waals surface area contributed by atoms with E-state index in [-0.39, 0.29) is 4.90 Å². The summed E-state index contributed by atoms with van der Waals surface area (Å²) in [4.78, 5) is 3.35. The van der Waals surface area contributed by atoms with Crippen LogP contribution in [0.2, 0.25) is 0 Å². The lowest BCUT2D eigenvalue weighted by Crippen LogP contribution is -2.18. The Hall–Kier alpha value is -1.79. The molecule has 1 aromatic carbocycles. The van der Waals surface area contributed by atoms with Crippen LogP contribution in [0.25, 0.3) is 0 Å². The zero-order chi connectivity index (χ0) is 13.9. The Morgan fingerprint density at radius 3 is 2.68 bits per heavy atom. The fraction of sp³-hybridized carbons (Fsp3) is 0.231. The second-order valence-corrected chi connectivity index (χ2v) is 6.12. The van der Waals surface area contributed by atoms with Crippen LogP contribution in [-0.4, -0.2) is 20.4 Å². The van der Waals surface area contributed by atoms with Gasteiger partial charge in [-0.05, 0) is 43.8 Å². The predicted molar refractivity (Wildman–Crippen MR) is 75.5 cm³/mol. The molecule has 0 unspecified atom stereocenters. The molecule has 6 heteroatoms. The van der Waals surface area contributed by atoms with Gasteiger partial charge in [-0.15, -0.1) is 0 Å². The summed E-state index contributed by atoms with van der Waals surface area (Å²) in [5, 5.41) is 3.23. The van der Waals surface area contributed by atoms with Gasteiger partial charge in [-0.25, -0.2) is 13.1 Å². The van der Waals surface area contributed by atoms with E-state index >= 15 is 0 Å². The van der Waals surface area contributed by atoms with Gasteiger partial charge in [-0.1, -0.05) is 6.07 Å². The van der Waals surface area contributed by atoms with Crippen LogP contribution >= 0.6 is 0 Å². The maximum absolute atomic E-state index is 11.8. The number of aromatic nitrogens is 1. The summed E-state index contributed by atoms with van der Waals surface area (Å²) in [5.74, 6) is 0. The first-order valence-electron chi connectivity index (χ1n) is 5.93. The first kappa shape index (κ1) is 13.6. The molecule has 0 saturated heterocycles. The molecule has 1 heterocycles. The molecule has 0 aliphatic carbocycles. The van der Waals surface area contributed by atoms with Gasteiger partial charge < -0.3 is 10.3 Å². The van der Waals surface area contributed by atoms with E-state index in [9.17, 15) is 8.42 Å². The molecule has 2 rings (SSSR count). The lowest BCUT2D eigenvalue weighted by atomic mass is 10.2. The van der Waals surface area contributed by atoms with Crippen LogP contribution < -0.4 is 10.0 Å². The van der Waals surface area contributed by atoms with Crippen molar-refractivity contribution in [2.24, 2.45) is 0 Å². The molecule has 1 aromatic heterocycles. The van der Waals surface area contributed by atoms with Crippen molar-refractivity contribution in [1.82, 2.24) is 9.71 Å². The Kier molecular flexibility index (Phi) is 3.92. The van der Waals surface area contributed by atoms with Crippen molar-refractivity contribution in [2.75, 3.05) is 12.4 Å². The van der Waals surface area contributed by atoms with Crippen molar-refractivity contribution in [3.8, 4) is 0 Å². The molecule has 0 radical (unpaired) electrons. The highest BCUT2D eigenvalue weighted by Crippen LogP contribution is 2.20. The fourth-order valence-electron chi connectivity index (χ4n) is 1.74. The van der Waals surface area contributed by atoms with Crippen LogP contribution in [0.4, 0.5) is 5.69 Å². The topological polar surface area (TPSA) is 74.0 Å². The third-order valence-electron chi connectivity index (χ3n) is 2.92. The number of hydrogen-bond acceptors (Lipinski definition) is 3. The van der Waals surface area contributed by atoms with Crippen molar-refractivity contribution >= 4 is 15.7 Å². The van der Waals surface area contributed by atoms with Crippen molar-refractivity contribution in [1.29, 1.82) is 0 Å². The smallest absolute Gasteiger partial charge is 0.240 e. The molecule has 3 N–H and O–H groups in total. The van der Waals surface area contributed by atoms with Gasteiger partial charge in [0.05, 0.1) is 11.4 Å². The number of aryl methyl sites for hydroxylation is 1. The number of anilines is 1. The quantitative estimate of drug-likeness (QED) is 0.782. The lowest BCUT2D eigenvalue weighted by Gasteiger charge is -2.11. The Bertz CT molecular complexity index is 649. The molecule has 0 aliphatic rings. The molecule has 5 nitrogen and oxygen atoms in total. The summed E-state index contributed by atoms with van der Waals surface area (Å²) in [6.07, 6.45) is 1.85. The highest BCUT2D eigenvalue weighted by Gasteiger charge is 2.12. The Morgan fingerprint density at radius 2 is 2.05 bits per heavy atom. The number of rotatable bonds is 5. The zero-order valence-electron chi connectivity index (χ0n) is 10.9. The second kappa shape index (κ2) is 5.46. The molecule has 0 spiro atoms. The third kappa shape index (κ3) is 3.15. The maximum Gasteiger partial charge on any atom is 0.240 e. The SMILES string of the molecule is CNS(=O)(=O)c1ccc(C)c(NCc2ccc[nH]2)c1. The van der Waals surface area contributed by atoms with Gasteiger partial charge in [0.2, 0.25) is 10.0 Å². The van der Waals surface area contributed by atoms with Gasteiger partial charge in [-0.3, -0.25) is 0 Å². The number of H-pyrrole nitrogens is 1. The van der Waals surface area contributed by atoms with E-state index in [4.69, 9.17) is 0 Å². The molecular weight excluding hydrogens is 262 g/mol. The molecule has 0 atom stereocenters. The van der Waals surface area contributed by atoms with Gasteiger partial charge in [0.25, 0.3) is 0 Å². The van der Waals surface area contributed by atoms with Gasteiger partial charge in [0.15, 0.2) is 0 Å². The second-order valence-electron chi connectivity index (χ2n) is 4.23. The Labute approximate surface area is 113 Å². The largest absolute Gasteiger partial charge is 0.379 e. The van der Waals surface area contributed by atoms with E-state index in [2.05, 4.69) is 15.0 Å². The van der Waals surface area contributed by atoms with Crippen LogP contribution in [0, 0.1) is 6.92 Å². The van der Waals surface area contributed by atoms with E-state index in [1.807, 2.05) is 25.3 Å². The Balaban J connectivity index is 2.22. The molecule has 0 fully saturated rings. The summed E-state index contributed by atoms with van der Waals surface area (Å²) in [7, 11) is -2.00. The monoisotopic (exact) mass is 279 g/mol. The number of hydrogen-bond donors (Lipinski definition) is 3. The normalized spacial score (nSPS) is 11.5. The van der Waals surface area contributed by atoms with E-state index in [1.54, 1.807) is 18.2 Å². The minimum absolute atomic E-state index is 0.259. The Morgan fingerprint density at radius 1 is 1.26 bits per heavy atom. The van der Waals surface area contributed by atoms with E-state index < -0.39 is 10.0 Å². The zero-order valence-corrected chi connectivity index (χ0v) is 11.7. The average molecular weight is 279 g/mol. The lowest BCUT2D eigenvalue weighted by molar-refractivity contribution is 0.588. The molecular formula is C13H17N3O2S. The van der Waals surface area contributed by atoms with E-state index in [0.29, 0.717) is 6.54 Å². The summed E-state index contributed by atoms with van der Waals surface area (Å²) < 4.78 is 25.8. The van der Waals surface area contributed by atoms with Crippen LogP contribution in [0.15, 0.2) is 41.4 Å². The number of aromatic amines is 1. The minimum Gasteiger partial charge on any atom is -0.379 e. The molecule has 19 heavy (non-hydrogen) atoms. The average Bonchev–Trinajstić information content (AvgIpc) is 2.90. The number of sulfonamides is 1. The standard InChI is InChI=1S/C13H17N3O2S/c1-10-5-6-12(19(17,18)14-2)8-13(10)16-9-11-4-3-7-15-11/h3-8,14-16H,9H2,1-2H3. The third-order valence-corrected chi connectivity index (χ3v) is 4.33. The highest BCUT2D eigenvalue weighted by atomic mass is 32.2. The van der Waals surface area contributed by atoms with Crippen LogP contribution in [0.5, 0.6) is 0 Å². The minimum atomic E-state index is -3.41. The molecule has 2 aromatic rings. The van der Waals surface area contributed by atoms with Gasteiger partial charge in [0, 0.05) is 17.6 Å². The van der Waals surface area contributed by atoms with Crippen molar-refractivity contribution in [2.45, 2.75) is 18.4 Å². The fourth-order valence-corrected chi connectivity index (χ4v) is 2.50. The van der Waals surface area contributed by atoms with Crippen molar-refractivity contribution in [3.05, 3.63) is 47.8 Å². The van der Waals surface area contributed by atoms with Gasteiger partial charge in [-0.2, -0.15) is 0 Å². The molecule has 102 valence electrons. The number of nitrogens with one attached hydrogen (secondary N) is 3. The first-order valence-corrected chi connectivity index (χ1v) is 7.41. The van der Waals surface area contributed by atoms with Crippen LogP contribution in [0.3, 0.4) is 0 Å². The van der Waals surface area contributed by atoms with Gasteiger partial charge >= 0.3 is 0 Å². The summed E-state index contributed by atoms with van der Waals surface area (Å²) in [6, 6.07) is 8.93.